The minimum atomic E-state index is -0.321. The lowest BCUT2D eigenvalue weighted by molar-refractivity contribution is 0.102. The van der Waals surface area contributed by atoms with Crippen LogP contribution >= 0.6 is 15.9 Å². The van der Waals surface area contributed by atoms with Gasteiger partial charge in [-0.15, -0.1) is 0 Å². The molecule has 1 N–H and O–H groups in total. The van der Waals surface area contributed by atoms with E-state index in [0.717, 1.165) is 10.2 Å². The maximum atomic E-state index is 12.2. The predicted octanol–water partition coefficient (Wildman–Crippen LogP) is 4.63. The van der Waals surface area contributed by atoms with E-state index in [4.69, 9.17) is 4.74 Å². The molecule has 0 spiro atoms. The third-order valence-corrected chi connectivity index (χ3v) is 4.40. The van der Waals surface area contributed by atoms with Crippen LogP contribution in [0.3, 0.4) is 0 Å². The molecule has 0 atom stereocenters. The number of halogens is 1. The number of aromatic nitrogens is 3. The topological polar surface area (TPSA) is 69.0 Å². The SMILES string of the molecule is CC(C)(C)c1ccc(OCn2ccc(C(=O)Nc3ccc(Br)cn3)n2)cc1. The Morgan fingerprint density at radius 2 is 1.89 bits per heavy atom. The molecule has 6 nitrogen and oxygen atoms in total. The highest BCUT2D eigenvalue weighted by atomic mass is 79.9. The van der Waals surface area contributed by atoms with Gasteiger partial charge in [-0.05, 0) is 57.2 Å². The quantitative estimate of drug-likeness (QED) is 0.642. The van der Waals surface area contributed by atoms with Crippen LogP contribution in [0.15, 0.2) is 59.3 Å². The molecule has 2 aromatic heterocycles. The van der Waals surface area contributed by atoms with Crippen molar-refractivity contribution in [3.05, 3.63) is 70.6 Å². The van der Waals surface area contributed by atoms with Gasteiger partial charge < -0.3 is 10.1 Å². The number of ether oxygens (including phenoxy) is 1. The maximum absolute atomic E-state index is 12.2. The average Bonchev–Trinajstić information content (AvgIpc) is 3.11. The minimum absolute atomic E-state index is 0.104. The van der Waals surface area contributed by atoms with Gasteiger partial charge >= 0.3 is 0 Å². The van der Waals surface area contributed by atoms with E-state index < -0.39 is 0 Å². The Morgan fingerprint density at radius 1 is 1.15 bits per heavy atom. The second-order valence-electron chi connectivity index (χ2n) is 7.10. The molecule has 3 rings (SSSR count). The predicted molar refractivity (Wildman–Crippen MR) is 108 cm³/mol. The van der Waals surface area contributed by atoms with Gasteiger partial charge in [-0.2, -0.15) is 5.10 Å². The lowest BCUT2D eigenvalue weighted by Crippen LogP contribution is -2.15. The van der Waals surface area contributed by atoms with Gasteiger partial charge in [-0.3, -0.25) is 4.79 Å². The smallest absolute Gasteiger partial charge is 0.277 e. The fourth-order valence-electron chi connectivity index (χ4n) is 2.38. The van der Waals surface area contributed by atoms with Crippen LogP contribution in [0.1, 0.15) is 36.8 Å². The number of nitrogens with zero attached hydrogens (tertiary/aromatic N) is 3. The summed E-state index contributed by atoms with van der Waals surface area (Å²) in [6.45, 7) is 6.73. The molecule has 0 unspecified atom stereocenters. The van der Waals surface area contributed by atoms with Crippen LogP contribution in [0.4, 0.5) is 5.82 Å². The first-order valence-corrected chi connectivity index (χ1v) is 9.30. The molecule has 0 saturated carbocycles. The number of benzene rings is 1. The first-order chi connectivity index (χ1) is 12.8. The number of pyridine rings is 1. The highest BCUT2D eigenvalue weighted by molar-refractivity contribution is 9.10. The summed E-state index contributed by atoms with van der Waals surface area (Å²) in [6, 6.07) is 13.2. The van der Waals surface area contributed by atoms with Crippen molar-refractivity contribution in [3.63, 3.8) is 0 Å². The fraction of sp³-hybridized carbons (Fsp3) is 0.250. The summed E-state index contributed by atoms with van der Waals surface area (Å²) in [4.78, 5) is 16.4. The molecular weight excluding hydrogens is 408 g/mol. The number of amides is 1. The Hall–Kier alpha value is -2.67. The number of rotatable bonds is 5. The third kappa shape index (κ3) is 5.17. The molecule has 0 saturated heterocycles. The zero-order valence-electron chi connectivity index (χ0n) is 15.4. The van der Waals surface area contributed by atoms with Crippen LogP contribution in [-0.4, -0.2) is 20.7 Å². The number of hydrogen-bond donors (Lipinski definition) is 1. The number of carbonyl (C=O) groups excluding carboxylic acids is 1. The molecule has 2 heterocycles. The molecule has 0 radical (unpaired) electrons. The first-order valence-electron chi connectivity index (χ1n) is 8.51. The Kier molecular flexibility index (Phi) is 5.60. The summed E-state index contributed by atoms with van der Waals surface area (Å²) < 4.78 is 8.15. The van der Waals surface area contributed by atoms with Gasteiger partial charge in [-0.1, -0.05) is 32.9 Å². The van der Waals surface area contributed by atoms with Crippen molar-refractivity contribution in [1.82, 2.24) is 14.8 Å². The lowest BCUT2D eigenvalue weighted by Gasteiger charge is -2.19. The molecule has 0 aliphatic carbocycles. The molecule has 0 bridgehead atoms. The van der Waals surface area contributed by atoms with Crippen molar-refractivity contribution in [2.24, 2.45) is 0 Å². The summed E-state index contributed by atoms with van der Waals surface area (Å²) in [5.74, 6) is 0.898. The molecule has 140 valence electrons. The maximum Gasteiger partial charge on any atom is 0.277 e. The van der Waals surface area contributed by atoms with Gasteiger partial charge in [0.05, 0.1) is 0 Å². The van der Waals surface area contributed by atoms with E-state index in [2.05, 4.69) is 64.2 Å². The van der Waals surface area contributed by atoms with E-state index in [1.165, 1.54) is 5.56 Å². The average molecular weight is 429 g/mol. The van der Waals surface area contributed by atoms with Crippen molar-refractivity contribution >= 4 is 27.7 Å². The van der Waals surface area contributed by atoms with E-state index in [9.17, 15) is 4.79 Å². The van der Waals surface area contributed by atoms with E-state index in [1.54, 1.807) is 35.3 Å². The molecular formula is C20H21BrN4O2. The van der Waals surface area contributed by atoms with Gasteiger partial charge in [0.1, 0.15) is 11.6 Å². The van der Waals surface area contributed by atoms with Crippen LogP contribution in [-0.2, 0) is 12.1 Å². The van der Waals surface area contributed by atoms with E-state index in [1.807, 2.05) is 12.1 Å². The molecule has 0 aliphatic rings. The Labute approximate surface area is 166 Å². The summed E-state index contributed by atoms with van der Waals surface area (Å²) >= 11 is 3.31. The molecule has 0 fully saturated rings. The van der Waals surface area contributed by atoms with Crippen LogP contribution in [0, 0.1) is 0 Å². The van der Waals surface area contributed by atoms with Crippen molar-refractivity contribution in [2.45, 2.75) is 32.9 Å². The van der Waals surface area contributed by atoms with E-state index in [-0.39, 0.29) is 18.1 Å². The third-order valence-electron chi connectivity index (χ3n) is 3.93. The van der Waals surface area contributed by atoms with Crippen molar-refractivity contribution in [3.8, 4) is 5.75 Å². The second kappa shape index (κ2) is 7.92. The molecule has 7 heteroatoms. The Bertz CT molecular complexity index is 912. The van der Waals surface area contributed by atoms with Crippen molar-refractivity contribution < 1.29 is 9.53 Å². The van der Waals surface area contributed by atoms with Gasteiger partial charge in [0, 0.05) is 16.9 Å². The van der Waals surface area contributed by atoms with Gasteiger partial charge in [0.15, 0.2) is 12.4 Å². The summed E-state index contributed by atoms with van der Waals surface area (Å²) in [7, 11) is 0. The first kappa shape index (κ1) is 19.1. The standard InChI is InChI=1S/C20H21BrN4O2/c1-20(2,3)14-4-7-16(8-5-14)27-13-25-11-10-17(24-25)19(26)23-18-9-6-15(21)12-22-18/h4-12H,13H2,1-3H3,(H,22,23,26). The number of anilines is 1. The van der Waals surface area contributed by atoms with Crippen molar-refractivity contribution in [1.29, 1.82) is 0 Å². The number of nitrogens with one attached hydrogen (secondary N) is 1. The van der Waals surface area contributed by atoms with Crippen LogP contribution in [0.25, 0.3) is 0 Å². The second-order valence-corrected chi connectivity index (χ2v) is 8.02. The normalized spacial score (nSPS) is 11.3. The Balaban J connectivity index is 1.57. The van der Waals surface area contributed by atoms with Gasteiger partial charge in [-0.25, -0.2) is 9.67 Å². The molecule has 1 amide bonds. The number of hydrogen-bond acceptors (Lipinski definition) is 4. The highest BCUT2D eigenvalue weighted by Crippen LogP contribution is 2.24. The fourth-order valence-corrected chi connectivity index (χ4v) is 2.61. The minimum Gasteiger partial charge on any atom is -0.471 e. The van der Waals surface area contributed by atoms with E-state index >= 15 is 0 Å². The molecule has 3 aromatic rings. The molecule has 1 aromatic carbocycles. The van der Waals surface area contributed by atoms with Crippen LogP contribution in [0.2, 0.25) is 0 Å². The summed E-state index contributed by atoms with van der Waals surface area (Å²) in [5, 5.41) is 6.94. The lowest BCUT2D eigenvalue weighted by atomic mass is 9.87. The highest BCUT2D eigenvalue weighted by Gasteiger charge is 2.13. The van der Waals surface area contributed by atoms with Gasteiger partial charge in [0.2, 0.25) is 0 Å². The number of carbonyl (C=O) groups is 1. The zero-order chi connectivity index (χ0) is 19.4. The van der Waals surface area contributed by atoms with E-state index in [0.29, 0.717) is 11.5 Å². The summed E-state index contributed by atoms with van der Waals surface area (Å²) in [5.41, 5.74) is 1.65. The monoisotopic (exact) mass is 428 g/mol. The summed E-state index contributed by atoms with van der Waals surface area (Å²) in [6.07, 6.45) is 3.32. The molecule has 27 heavy (non-hydrogen) atoms. The molecule has 0 aliphatic heterocycles. The zero-order valence-corrected chi connectivity index (χ0v) is 17.0. The van der Waals surface area contributed by atoms with Crippen LogP contribution in [0.5, 0.6) is 5.75 Å². The Morgan fingerprint density at radius 3 is 2.52 bits per heavy atom. The van der Waals surface area contributed by atoms with Crippen LogP contribution < -0.4 is 10.1 Å². The van der Waals surface area contributed by atoms with Gasteiger partial charge in [0.25, 0.3) is 5.91 Å². The largest absolute Gasteiger partial charge is 0.471 e. The van der Waals surface area contributed by atoms with Crippen molar-refractivity contribution in [2.75, 3.05) is 5.32 Å².